The van der Waals surface area contributed by atoms with E-state index in [2.05, 4.69) is 24.5 Å². The van der Waals surface area contributed by atoms with E-state index in [1.807, 2.05) is 0 Å². The highest BCUT2D eigenvalue weighted by Crippen LogP contribution is 2.31. The van der Waals surface area contributed by atoms with Crippen molar-refractivity contribution in [2.24, 2.45) is 0 Å². The quantitative estimate of drug-likeness (QED) is 0.520. The van der Waals surface area contributed by atoms with Gasteiger partial charge in [0.1, 0.15) is 5.75 Å². The molecule has 0 aliphatic carbocycles. The van der Waals surface area contributed by atoms with Crippen molar-refractivity contribution in [1.82, 2.24) is 0 Å². The van der Waals surface area contributed by atoms with Crippen LogP contribution in [-0.4, -0.2) is 10.9 Å². The number of phenolic OH excluding ortho intramolecular Hbond substituents is 1. The minimum Gasteiger partial charge on any atom is -0.507 e. The van der Waals surface area contributed by atoms with E-state index < -0.39 is 11.7 Å². The van der Waals surface area contributed by atoms with Crippen LogP contribution < -0.4 is 0 Å². The fourth-order valence-electron chi connectivity index (χ4n) is 0.947. The summed E-state index contributed by atoms with van der Waals surface area (Å²) in [7, 11) is 0. The van der Waals surface area contributed by atoms with E-state index in [9.17, 15) is 18.3 Å². The van der Waals surface area contributed by atoms with E-state index in [-0.39, 0.29) is 17.1 Å². The molecule has 0 aliphatic rings. The minimum atomic E-state index is -4.43. The number of hydrogen-bond donors (Lipinski definition) is 2. The third-order valence-electron chi connectivity index (χ3n) is 1.63. The zero-order chi connectivity index (χ0) is 11.5. The topological polar surface area (TPSA) is 20.2 Å². The van der Waals surface area contributed by atoms with Crippen molar-refractivity contribution in [2.75, 3.05) is 5.75 Å². The molecule has 0 heterocycles. The summed E-state index contributed by atoms with van der Waals surface area (Å²) in [6.07, 6.45) is -4.43. The van der Waals surface area contributed by atoms with Gasteiger partial charge in [-0.05, 0) is 18.2 Å². The molecule has 0 atom stereocenters. The number of alkyl halides is 3. The van der Waals surface area contributed by atoms with Crippen LogP contribution in [0.5, 0.6) is 5.75 Å². The highest BCUT2D eigenvalue weighted by Gasteiger charge is 2.30. The van der Waals surface area contributed by atoms with E-state index >= 15 is 0 Å². The molecule has 0 fully saturated rings. The van der Waals surface area contributed by atoms with Crippen molar-refractivity contribution in [2.45, 2.75) is 6.18 Å². The van der Waals surface area contributed by atoms with E-state index in [0.717, 1.165) is 18.2 Å². The SMILES string of the molecule is Oc1ccc(C(F)(F)F)cc1C#CCS. The Morgan fingerprint density at radius 1 is 1.33 bits per heavy atom. The van der Waals surface area contributed by atoms with Crippen LogP contribution >= 0.6 is 12.6 Å². The standard InChI is InChI=1S/C10H7F3OS/c11-10(12,13)8-3-4-9(14)7(6-8)2-1-5-15/h3-4,6,14-15H,5H2. The number of hydrogen-bond acceptors (Lipinski definition) is 2. The first kappa shape index (κ1) is 11.8. The number of thiol groups is 1. The molecule has 80 valence electrons. The number of rotatable bonds is 0. The first-order chi connectivity index (χ1) is 6.95. The van der Waals surface area contributed by atoms with Crippen LogP contribution in [0.3, 0.4) is 0 Å². The fraction of sp³-hybridized carbons (Fsp3) is 0.200. The maximum absolute atomic E-state index is 12.3. The zero-order valence-electron chi connectivity index (χ0n) is 7.47. The summed E-state index contributed by atoms with van der Waals surface area (Å²) in [4.78, 5) is 0. The van der Waals surface area contributed by atoms with Gasteiger partial charge in [0.15, 0.2) is 0 Å². The van der Waals surface area contributed by atoms with Crippen LogP contribution in [0.2, 0.25) is 0 Å². The zero-order valence-corrected chi connectivity index (χ0v) is 8.36. The molecular weight excluding hydrogens is 225 g/mol. The largest absolute Gasteiger partial charge is 0.507 e. The Bertz CT molecular complexity index is 415. The molecule has 1 nitrogen and oxygen atoms in total. The Morgan fingerprint density at radius 2 is 2.00 bits per heavy atom. The number of benzene rings is 1. The highest BCUT2D eigenvalue weighted by molar-refractivity contribution is 7.80. The molecular formula is C10H7F3OS. The molecule has 0 aliphatic heterocycles. The van der Waals surface area contributed by atoms with E-state index in [1.165, 1.54) is 0 Å². The van der Waals surface area contributed by atoms with E-state index in [0.29, 0.717) is 0 Å². The highest BCUT2D eigenvalue weighted by atomic mass is 32.1. The van der Waals surface area contributed by atoms with Gasteiger partial charge in [-0.1, -0.05) is 11.8 Å². The van der Waals surface area contributed by atoms with Gasteiger partial charge in [0.05, 0.1) is 16.9 Å². The lowest BCUT2D eigenvalue weighted by atomic mass is 10.1. The van der Waals surface area contributed by atoms with Crippen LogP contribution in [0.25, 0.3) is 0 Å². The van der Waals surface area contributed by atoms with Crippen molar-refractivity contribution in [3.63, 3.8) is 0 Å². The van der Waals surface area contributed by atoms with Gasteiger partial charge in [-0.3, -0.25) is 0 Å². The summed E-state index contributed by atoms with van der Waals surface area (Å²) in [5.74, 6) is 4.82. The molecule has 0 bridgehead atoms. The lowest BCUT2D eigenvalue weighted by Crippen LogP contribution is -2.04. The van der Waals surface area contributed by atoms with Gasteiger partial charge in [0.25, 0.3) is 0 Å². The average Bonchev–Trinajstić information content (AvgIpc) is 2.15. The predicted octanol–water partition coefficient (Wildman–Crippen LogP) is 2.69. The van der Waals surface area contributed by atoms with Gasteiger partial charge in [-0.25, -0.2) is 0 Å². The molecule has 0 saturated heterocycles. The first-order valence-corrected chi connectivity index (χ1v) is 4.58. The second-order valence-electron chi connectivity index (χ2n) is 2.69. The molecule has 0 saturated carbocycles. The number of aromatic hydroxyl groups is 1. The van der Waals surface area contributed by atoms with Crippen molar-refractivity contribution < 1.29 is 18.3 Å². The molecule has 1 aromatic carbocycles. The maximum atomic E-state index is 12.3. The summed E-state index contributed by atoms with van der Waals surface area (Å²) in [6.45, 7) is 0. The molecule has 0 amide bonds. The Hall–Kier alpha value is -1.28. The predicted molar refractivity (Wildman–Crippen MR) is 53.8 cm³/mol. The van der Waals surface area contributed by atoms with Gasteiger partial charge in [-0.2, -0.15) is 25.8 Å². The molecule has 0 unspecified atom stereocenters. The lowest BCUT2D eigenvalue weighted by molar-refractivity contribution is -0.137. The summed E-state index contributed by atoms with van der Waals surface area (Å²) >= 11 is 3.79. The average molecular weight is 232 g/mol. The van der Waals surface area contributed by atoms with Crippen LogP contribution in [-0.2, 0) is 6.18 Å². The Labute approximate surface area is 90.3 Å². The van der Waals surface area contributed by atoms with Crippen LogP contribution in [0.15, 0.2) is 18.2 Å². The maximum Gasteiger partial charge on any atom is 0.416 e. The van der Waals surface area contributed by atoms with E-state index in [1.54, 1.807) is 0 Å². The summed E-state index contributed by atoms with van der Waals surface area (Å²) in [6, 6.07) is 2.60. The van der Waals surface area contributed by atoms with Gasteiger partial charge in [-0.15, -0.1) is 0 Å². The third-order valence-corrected chi connectivity index (χ3v) is 1.78. The number of phenols is 1. The normalized spacial score (nSPS) is 10.7. The Kier molecular flexibility index (Phi) is 3.53. The second-order valence-corrected chi connectivity index (χ2v) is 3.01. The lowest BCUT2D eigenvalue weighted by Gasteiger charge is -2.07. The van der Waals surface area contributed by atoms with Crippen molar-refractivity contribution in [3.05, 3.63) is 29.3 Å². The molecule has 0 aromatic heterocycles. The minimum absolute atomic E-state index is 0.0427. The van der Waals surface area contributed by atoms with Gasteiger partial charge < -0.3 is 5.11 Å². The van der Waals surface area contributed by atoms with E-state index in [4.69, 9.17) is 0 Å². The molecule has 15 heavy (non-hydrogen) atoms. The van der Waals surface area contributed by atoms with Crippen molar-refractivity contribution >= 4 is 12.6 Å². The van der Waals surface area contributed by atoms with Crippen LogP contribution in [0, 0.1) is 11.8 Å². The van der Waals surface area contributed by atoms with Gasteiger partial charge >= 0.3 is 6.18 Å². The smallest absolute Gasteiger partial charge is 0.416 e. The fourth-order valence-corrected chi connectivity index (χ4v) is 1.03. The number of halogens is 3. The molecule has 1 N–H and O–H groups in total. The monoisotopic (exact) mass is 232 g/mol. The first-order valence-electron chi connectivity index (χ1n) is 3.95. The molecule has 1 rings (SSSR count). The Morgan fingerprint density at radius 3 is 2.53 bits per heavy atom. The second kappa shape index (κ2) is 4.49. The molecule has 0 spiro atoms. The molecule has 1 aromatic rings. The van der Waals surface area contributed by atoms with Crippen molar-refractivity contribution in [3.8, 4) is 17.6 Å². The van der Waals surface area contributed by atoms with Crippen LogP contribution in [0.4, 0.5) is 13.2 Å². The van der Waals surface area contributed by atoms with Gasteiger partial charge in [0.2, 0.25) is 0 Å². The Balaban J connectivity index is 3.17. The van der Waals surface area contributed by atoms with Crippen molar-refractivity contribution in [1.29, 1.82) is 0 Å². The summed E-state index contributed by atoms with van der Waals surface area (Å²) in [5.41, 5.74) is -0.873. The van der Waals surface area contributed by atoms with Gasteiger partial charge in [0, 0.05) is 0 Å². The van der Waals surface area contributed by atoms with Crippen LogP contribution in [0.1, 0.15) is 11.1 Å². The summed E-state index contributed by atoms with van der Waals surface area (Å²) in [5, 5.41) is 9.23. The third kappa shape index (κ3) is 3.10. The molecule has 5 heteroatoms. The molecule has 0 radical (unpaired) electrons. The summed E-state index contributed by atoms with van der Waals surface area (Å²) < 4.78 is 36.8.